The largest absolute Gasteiger partial charge is 0.459 e. The highest BCUT2D eigenvalue weighted by Gasteiger charge is 2.54. The monoisotopic (exact) mass is 538 g/mol. The van der Waals surface area contributed by atoms with E-state index >= 15 is 0 Å². The summed E-state index contributed by atoms with van der Waals surface area (Å²) in [6.07, 6.45) is -3.77. The minimum absolute atomic E-state index is 0.0427. The lowest BCUT2D eigenvalue weighted by molar-refractivity contribution is -0.273. The predicted molar refractivity (Wildman–Crippen MR) is 139 cm³/mol. The van der Waals surface area contributed by atoms with Crippen LogP contribution in [0, 0.1) is 11.8 Å². The van der Waals surface area contributed by atoms with Gasteiger partial charge < -0.3 is 9.52 Å². The fourth-order valence-corrected chi connectivity index (χ4v) is 4.49. The van der Waals surface area contributed by atoms with E-state index in [0.717, 1.165) is 11.1 Å². The number of benzene rings is 2. The Kier molecular flexibility index (Phi) is 7.01. The molecule has 0 spiro atoms. The van der Waals surface area contributed by atoms with E-state index < -0.39 is 24.6 Å². The third kappa shape index (κ3) is 5.60. The average molecular weight is 539 g/mol. The van der Waals surface area contributed by atoms with Crippen LogP contribution in [0.1, 0.15) is 29.9 Å². The highest BCUT2D eigenvalue weighted by molar-refractivity contribution is 6.30. The topological polar surface area (TPSA) is 66.6 Å². The van der Waals surface area contributed by atoms with Crippen molar-refractivity contribution in [3.63, 3.8) is 0 Å². The van der Waals surface area contributed by atoms with Gasteiger partial charge in [0.05, 0.1) is 11.9 Å². The second kappa shape index (κ2) is 10.3. The molecule has 0 saturated carbocycles. The van der Waals surface area contributed by atoms with Crippen molar-refractivity contribution < 1.29 is 22.7 Å². The maximum atomic E-state index is 13.0. The summed E-state index contributed by atoms with van der Waals surface area (Å²) >= 11 is 5.94. The zero-order valence-corrected chi connectivity index (χ0v) is 20.8. The van der Waals surface area contributed by atoms with Gasteiger partial charge in [-0.1, -0.05) is 35.7 Å². The second-order valence-electron chi connectivity index (χ2n) is 9.28. The molecule has 1 aliphatic rings. The number of pyridine rings is 1. The molecule has 0 bridgehead atoms. The van der Waals surface area contributed by atoms with Crippen LogP contribution in [0.2, 0.25) is 5.02 Å². The van der Waals surface area contributed by atoms with Crippen LogP contribution in [0.4, 0.5) is 13.2 Å². The molecular formula is C29H22ClF3N2O3. The molecule has 9 heteroatoms. The Morgan fingerprint density at radius 2 is 1.71 bits per heavy atom. The molecule has 0 amide bonds. The first-order valence-electron chi connectivity index (χ1n) is 11.9. The van der Waals surface area contributed by atoms with Crippen LogP contribution >= 0.6 is 11.6 Å². The summed E-state index contributed by atoms with van der Waals surface area (Å²) in [5, 5.41) is 10.9. The molecule has 1 saturated heterocycles. The molecule has 38 heavy (non-hydrogen) atoms. The maximum absolute atomic E-state index is 13.0. The van der Waals surface area contributed by atoms with Crippen LogP contribution in [0.3, 0.4) is 0 Å². The molecule has 2 aromatic heterocycles. The fraction of sp³-hybridized carbons (Fsp3) is 0.241. The molecule has 1 N–H and O–H groups in total. The van der Waals surface area contributed by atoms with Crippen molar-refractivity contribution in [2.75, 3.05) is 13.1 Å². The molecule has 1 aliphatic heterocycles. The standard InChI is InChI=1S/C29H22ClF3N2O3/c30-22-6-3-20(4-7-22)21-5-9-23(34-17-21)8-1-19-2-10-27-25(15-19)26(36)16-24(38-27)18-35-13-11-28(37,12-14-35)29(31,32)33/h2-7,9-10,15-17,37H,11-14,18H2. The Bertz CT molecular complexity index is 1580. The Balaban J connectivity index is 1.28. The van der Waals surface area contributed by atoms with E-state index in [9.17, 15) is 23.1 Å². The quantitative estimate of drug-likeness (QED) is 0.334. The van der Waals surface area contributed by atoms with E-state index in [2.05, 4.69) is 16.8 Å². The summed E-state index contributed by atoms with van der Waals surface area (Å²) in [6.45, 7) is 0.264. The number of fused-ring (bicyclic) bond motifs is 1. The third-order valence-corrected chi connectivity index (χ3v) is 6.90. The lowest BCUT2D eigenvalue weighted by Gasteiger charge is -2.38. The van der Waals surface area contributed by atoms with E-state index in [1.54, 1.807) is 29.3 Å². The van der Waals surface area contributed by atoms with E-state index in [4.69, 9.17) is 16.0 Å². The third-order valence-electron chi connectivity index (χ3n) is 6.64. The normalized spacial score (nSPS) is 15.7. The molecule has 0 aliphatic carbocycles. The van der Waals surface area contributed by atoms with Gasteiger partial charge in [-0.25, -0.2) is 4.98 Å². The van der Waals surface area contributed by atoms with Crippen molar-refractivity contribution in [3.05, 3.63) is 99.1 Å². The van der Waals surface area contributed by atoms with Gasteiger partial charge in [0.1, 0.15) is 17.0 Å². The zero-order valence-electron chi connectivity index (χ0n) is 20.1. The van der Waals surface area contributed by atoms with Crippen LogP contribution in [-0.2, 0) is 6.54 Å². The smallest absolute Gasteiger partial charge is 0.417 e. The molecule has 5 rings (SSSR count). The minimum atomic E-state index is -4.66. The molecule has 194 valence electrons. The van der Waals surface area contributed by atoms with Gasteiger partial charge in [0.15, 0.2) is 11.0 Å². The van der Waals surface area contributed by atoms with Crippen molar-refractivity contribution in [2.24, 2.45) is 0 Å². The number of halogens is 4. The van der Waals surface area contributed by atoms with Crippen molar-refractivity contribution in [3.8, 4) is 23.0 Å². The molecular weight excluding hydrogens is 517 g/mol. The summed E-state index contributed by atoms with van der Waals surface area (Å²) in [7, 11) is 0. The molecule has 2 aromatic carbocycles. The molecule has 5 nitrogen and oxygen atoms in total. The number of hydrogen-bond acceptors (Lipinski definition) is 5. The fourth-order valence-electron chi connectivity index (χ4n) is 4.36. The van der Waals surface area contributed by atoms with Gasteiger partial charge in [0.25, 0.3) is 0 Å². The van der Waals surface area contributed by atoms with Crippen LogP contribution in [0.25, 0.3) is 22.1 Å². The maximum Gasteiger partial charge on any atom is 0.417 e. The summed E-state index contributed by atoms with van der Waals surface area (Å²) < 4.78 is 45.0. The first kappa shape index (κ1) is 26.0. The van der Waals surface area contributed by atoms with Crippen molar-refractivity contribution in [1.29, 1.82) is 0 Å². The van der Waals surface area contributed by atoms with Crippen molar-refractivity contribution in [2.45, 2.75) is 31.2 Å². The van der Waals surface area contributed by atoms with E-state index in [-0.39, 0.29) is 25.1 Å². The molecule has 4 aromatic rings. The number of alkyl halides is 3. The van der Waals surface area contributed by atoms with Gasteiger partial charge in [-0.05, 0) is 60.7 Å². The van der Waals surface area contributed by atoms with Crippen molar-refractivity contribution in [1.82, 2.24) is 9.88 Å². The summed E-state index contributed by atoms with van der Waals surface area (Å²) in [4.78, 5) is 18.9. The number of hydrogen-bond donors (Lipinski definition) is 1. The van der Waals surface area contributed by atoms with Gasteiger partial charge in [-0.15, -0.1) is 0 Å². The average Bonchev–Trinajstić information content (AvgIpc) is 2.89. The van der Waals surface area contributed by atoms with Crippen LogP contribution in [0.15, 0.2) is 76.1 Å². The number of aliphatic hydroxyl groups is 1. The van der Waals surface area contributed by atoms with Gasteiger partial charge in [-0.3, -0.25) is 9.69 Å². The van der Waals surface area contributed by atoms with Gasteiger partial charge >= 0.3 is 6.18 Å². The summed E-state index contributed by atoms with van der Waals surface area (Å²) in [6, 6.07) is 17.6. The van der Waals surface area contributed by atoms with Gasteiger partial charge in [0.2, 0.25) is 0 Å². The Hall–Kier alpha value is -3.64. The Morgan fingerprint density at radius 3 is 2.37 bits per heavy atom. The second-order valence-corrected chi connectivity index (χ2v) is 9.72. The Morgan fingerprint density at radius 1 is 1.00 bits per heavy atom. The highest BCUT2D eigenvalue weighted by Crippen LogP contribution is 2.38. The van der Waals surface area contributed by atoms with Crippen LogP contribution in [0.5, 0.6) is 0 Å². The first-order chi connectivity index (χ1) is 18.1. The minimum Gasteiger partial charge on any atom is -0.459 e. The summed E-state index contributed by atoms with van der Waals surface area (Å²) in [5.41, 5.74) is 0.552. The van der Waals surface area contributed by atoms with Crippen molar-refractivity contribution >= 4 is 22.6 Å². The summed E-state index contributed by atoms with van der Waals surface area (Å²) in [5.74, 6) is 6.36. The lowest BCUT2D eigenvalue weighted by atomic mass is 9.91. The number of nitrogens with zero attached hydrogens (tertiary/aromatic N) is 2. The SMILES string of the molecule is O=c1cc(CN2CCC(O)(C(F)(F)F)CC2)oc2ccc(C#Cc3ccc(-c4ccc(Cl)cc4)cn3)cc12. The van der Waals surface area contributed by atoms with Gasteiger partial charge in [0, 0.05) is 41.5 Å². The van der Waals surface area contributed by atoms with Gasteiger partial charge in [-0.2, -0.15) is 13.2 Å². The van der Waals surface area contributed by atoms with Crippen LogP contribution in [-0.4, -0.2) is 39.9 Å². The van der Waals surface area contributed by atoms with E-state index in [1.807, 2.05) is 36.4 Å². The molecule has 3 heterocycles. The van der Waals surface area contributed by atoms with E-state index in [0.29, 0.717) is 33.0 Å². The Labute approximate surface area is 221 Å². The molecule has 0 radical (unpaired) electrons. The highest BCUT2D eigenvalue weighted by atomic mass is 35.5. The lowest BCUT2D eigenvalue weighted by Crippen LogP contribution is -2.53. The molecule has 0 unspecified atom stereocenters. The van der Waals surface area contributed by atoms with Crippen LogP contribution < -0.4 is 5.43 Å². The molecule has 1 fully saturated rings. The first-order valence-corrected chi connectivity index (χ1v) is 12.3. The number of aromatic nitrogens is 1. The predicted octanol–water partition coefficient (Wildman–Crippen LogP) is 5.80. The number of likely N-dealkylation sites (tertiary alicyclic amines) is 1. The zero-order chi connectivity index (χ0) is 26.9. The number of rotatable bonds is 3. The van der Waals surface area contributed by atoms with E-state index in [1.165, 1.54) is 6.07 Å². The number of piperidine rings is 1. The molecule has 0 atom stereocenters.